The predicted molar refractivity (Wildman–Crippen MR) is 234 cm³/mol. The van der Waals surface area contributed by atoms with E-state index in [1.54, 1.807) is 0 Å². The second-order valence-electron chi connectivity index (χ2n) is 14.4. The number of hydrogen-bond donors (Lipinski definition) is 7. The summed E-state index contributed by atoms with van der Waals surface area (Å²) in [6, 6.07) is 0.378. The average Bonchev–Trinajstić information content (AvgIpc) is 4.01. The van der Waals surface area contributed by atoms with Crippen molar-refractivity contribution in [1.29, 1.82) is 0 Å². The summed E-state index contributed by atoms with van der Waals surface area (Å²) in [5.74, 6) is 0.884. The Morgan fingerprint density at radius 2 is 1.11 bits per heavy atom. The SMILES string of the molecule is NCCOCCOCCOCCOCCOCCNC(=O)CCOCCOCCOCCOCCOCCOCCN1C=C(CNC(=O)CCCC[C@@H]2SCC3NC(=O)NC32)NN1. The van der Waals surface area contributed by atoms with E-state index in [-0.39, 0.29) is 36.3 Å². The maximum Gasteiger partial charge on any atom is 0.315 e. The van der Waals surface area contributed by atoms with Crippen LogP contribution < -0.4 is 38.0 Å². The number of rotatable bonds is 45. The van der Waals surface area contributed by atoms with Crippen LogP contribution in [0.1, 0.15) is 32.1 Å². The van der Waals surface area contributed by atoms with Gasteiger partial charge in [0, 0.05) is 43.1 Å². The molecule has 0 spiro atoms. The van der Waals surface area contributed by atoms with Crippen molar-refractivity contribution in [3.63, 3.8) is 0 Å². The molecule has 2 saturated heterocycles. The van der Waals surface area contributed by atoms with Crippen molar-refractivity contribution in [1.82, 2.24) is 37.2 Å². The standard InChI is InChI=1S/C40H76N8O14S/c41-6-10-53-14-18-57-22-26-61-27-23-58-19-15-54-11-7-42-38(50)5-9-52-13-17-56-21-25-60-29-30-62-28-24-59-20-16-55-12-8-48-32-34(46-47-48)31-43-37(49)4-2-1-3-36-39-35(33-63-36)44-40(51)45-39/h32,35-36,39,46-47H,1-31,33,41H2,(H,42,50)(H,43,49)(H2,44,45,51)/t35?,36-,39?/m0/s1. The Morgan fingerprint density at radius 3 is 1.67 bits per heavy atom. The van der Waals surface area contributed by atoms with Crippen molar-refractivity contribution in [2.24, 2.45) is 5.73 Å². The lowest BCUT2D eigenvalue weighted by Gasteiger charge is -2.16. The number of hydrazine groups is 2. The van der Waals surface area contributed by atoms with Gasteiger partial charge in [0.2, 0.25) is 11.8 Å². The van der Waals surface area contributed by atoms with Crippen LogP contribution in [0.25, 0.3) is 0 Å². The number of nitrogens with zero attached hydrogens (tertiary/aromatic N) is 1. The van der Waals surface area contributed by atoms with Crippen molar-refractivity contribution >= 4 is 29.6 Å². The Kier molecular flexibility index (Phi) is 33.5. The van der Waals surface area contributed by atoms with E-state index in [9.17, 15) is 14.4 Å². The maximum atomic E-state index is 12.3. The van der Waals surface area contributed by atoms with Gasteiger partial charge in [0.15, 0.2) is 0 Å². The molecule has 22 nitrogen and oxygen atoms in total. The van der Waals surface area contributed by atoms with Gasteiger partial charge < -0.3 is 84.5 Å². The fourth-order valence-corrected chi connectivity index (χ4v) is 7.65. The van der Waals surface area contributed by atoms with E-state index in [2.05, 4.69) is 32.2 Å². The number of nitrogens with two attached hydrogens (primary N) is 1. The molecule has 3 aliphatic heterocycles. The quantitative estimate of drug-likeness (QED) is 0.0275. The predicted octanol–water partition coefficient (Wildman–Crippen LogP) is -1.36. The highest BCUT2D eigenvalue weighted by molar-refractivity contribution is 8.00. The number of nitrogens with one attached hydrogen (secondary N) is 6. The Hall–Kier alpha value is -2.62. The van der Waals surface area contributed by atoms with Crippen LogP contribution in [0.15, 0.2) is 11.9 Å². The van der Waals surface area contributed by atoms with E-state index < -0.39 is 0 Å². The number of urea groups is 1. The molecule has 0 bridgehead atoms. The van der Waals surface area contributed by atoms with E-state index in [0.29, 0.717) is 183 Å². The summed E-state index contributed by atoms with van der Waals surface area (Å²) in [4.78, 5) is 35.8. The average molecular weight is 925 g/mol. The van der Waals surface area contributed by atoms with Gasteiger partial charge in [-0.15, -0.1) is 5.53 Å². The normalized spacial score (nSPS) is 18.0. The molecule has 0 aromatic carbocycles. The Balaban J connectivity index is 0.936. The zero-order valence-corrected chi connectivity index (χ0v) is 37.9. The summed E-state index contributed by atoms with van der Waals surface area (Å²) in [5.41, 5.74) is 12.3. The molecule has 3 aliphatic rings. The van der Waals surface area contributed by atoms with Crippen molar-refractivity contribution in [3.05, 3.63) is 11.9 Å². The van der Waals surface area contributed by atoms with Crippen LogP contribution >= 0.6 is 11.8 Å². The molecule has 0 aliphatic carbocycles. The third kappa shape index (κ3) is 29.5. The van der Waals surface area contributed by atoms with Gasteiger partial charge in [-0.2, -0.15) is 11.8 Å². The van der Waals surface area contributed by atoms with E-state index in [4.69, 9.17) is 57.8 Å². The second kappa shape index (κ2) is 38.6. The van der Waals surface area contributed by atoms with Crippen molar-refractivity contribution in [2.45, 2.75) is 49.4 Å². The van der Waals surface area contributed by atoms with Gasteiger partial charge in [-0.3, -0.25) is 14.6 Å². The minimum atomic E-state index is -0.0957. The fourth-order valence-electron chi connectivity index (χ4n) is 6.11. The second-order valence-corrected chi connectivity index (χ2v) is 15.6. The molecule has 0 aromatic rings. The van der Waals surface area contributed by atoms with E-state index in [1.807, 2.05) is 23.0 Å². The lowest BCUT2D eigenvalue weighted by molar-refractivity contribution is -0.123. The largest absolute Gasteiger partial charge is 0.379 e. The summed E-state index contributed by atoms with van der Waals surface area (Å²) in [6.45, 7) is 12.2. The van der Waals surface area contributed by atoms with Crippen molar-refractivity contribution in [2.75, 3.05) is 177 Å². The third-order valence-corrected chi connectivity index (χ3v) is 10.9. The van der Waals surface area contributed by atoms with Crippen LogP contribution in [0, 0.1) is 0 Å². The van der Waals surface area contributed by atoms with Crippen LogP contribution in [0.5, 0.6) is 0 Å². The number of ether oxygens (including phenoxy) is 11. The molecule has 23 heteroatoms. The molecule has 2 unspecified atom stereocenters. The highest BCUT2D eigenvalue weighted by Gasteiger charge is 2.42. The third-order valence-electron chi connectivity index (χ3n) is 9.36. The number of amides is 4. The summed E-state index contributed by atoms with van der Waals surface area (Å²) < 4.78 is 60.1. The summed E-state index contributed by atoms with van der Waals surface area (Å²) >= 11 is 1.90. The maximum absolute atomic E-state index is 12.3. The van der Waals surface area contributed by atoms with Crippen LogP contribution in [-0.2, 0) is 61.7 Å². The Labute approximate surface area is 376 Å². The lowest BCUT2D eigenvalue weighted by atomic mass is 10.0. The zero-order chi connectivity index (χ0) is 44.7. The van der Waals surface area contributed by atoms with Crippen LogP contribution in [0.2, 0.25) is 0 Å². The molecule has 2 fully saturated rings. The summed E-state index contributed by atoms with van der Waals surface area (Å²) in [5, 5.41) is 14.0. The number of unbranched alkanes of at least 4 members (excludes halogenated alkanes) is 1. The van der Waals surface area contributed by atoms with Gasteiger partial charge in [-0.25, -0.2) is 4.79 Å². The zero-order valence-electron chi connectivity index (χ0n) is 37.1. The van der Waals surface area contributed by atoms with Gasteiger partial charge in [-0.05, 0) is 12.8 Å². The number of fused-ring (bicyclic) bond motifs is 1. The fraction of sp³-hybridized carbons (Fsp3) is 0.875. The monoisotopic (exact) mass is 925 g/mol. The molecule has 4 amide bonds. The van der Waals surface area contributed by atoms with Crippen molar-refractivity contribution in [3.8, 4) is 0 Å². The van der Waals surface area contributed by atoms with Gasteiger partial charge in [0.25, 0.3) is 0 Å². The first-order valence-corrected chi connectivity index (χ1v) is 23.4. The number of carbonyl (C=O) groups excluding carboxylic acids is 3. The first kappa shape index (κ1) is 54.7. The molecule has 0 radical (unpaired) electrons. The Morgan fingerprint density at radius 1 is 0.619 bits per heavy atom. The van der Waals surface area contributed by atoms with E-state index in [0.717, 1.165) is 30.7 Å². The minimum Gasteiger partial charge on any atom is -0.379 e. The molecule has 3 atom stereocenters. The van der Waals surface area contributed by atoms with Gasteiger partial charge in [0.1, 0.15) is 0 Å². The molecule has 8 N–H and O–H groups in total. The van der Waals surface area contributed by atoms with E-state index >= 15 is 0 Å². The van der Waals surface area contributed by atoms with Crippen LogP contribution in [0.4, 0.5) is 4.79 Å². The number of hydrogen-bond acceptors (Lipinski definition) is 19. The number of thioether (sulfide) groups is 1. The Bertz CT molecular complexity index is 1210. The molecule has 3 rings (SSSR count). The molecular formula is C40H76N8O14S. The van der Waals surface area contributed by atoms with Gasteiger partial charge >= 0.3 is 6.03 Å². The lowest BCUT2D eigenvalue weighted by Crippen LogP contribution is -2.39. The number of carbonyl (C=O) groups is 3. The summed E-state index contributed by atoms with van der Waals surface area (Å²) in [7, 11) is 0. The van der Waals surface area contributed by atoms with E-state index in [1.165, 1.54) is 0 Å². The first-order valence-electron chi connectivity index (χ1n) is 22.3. The molecule has 0 aromatic heterocycles. The molecule has 3 heterocycles. The molecule has 366 valence electrons. The minimum absolute atomic E-state index is 0.0288. The first-order chi connectivity index (χ1) is 31.0. The van der Waals surface area contributed by atoms with Gasteiger partial charge in [-0.1, -0.05) is 6.42 Å². The smallest absolute Gasteiger partial charge is 0.315 e. The highest BCUT2D eigenvalue weighted by atomic mass is 32.2. The topological polar surface area (TPSA) is 254 Å². The molecule has 0 saturated carbocycles. The molecule has 63 heavy (non-hydrogen) atoms. The van der Waals surface area contributed by atoms with Crippen LogP contribution in [-0.4, -0.2) is 217 Å². The van der Waals surface area contributed by atoms with Gasteiger partial charge in [0.05, 0.1) is 176 Å². The summed E-state index contributed by atoms with van der Waals surface area (Å²) in [6.07, 6.45) is 5.46. The van der Waals surface area contributed by atoms with Crippen LogP contribution in [0.3, 0.4) is 0 Å². The van der Waals surface area contributed by atoms with Crippen molar-refractivity contribution < 1.29 is 66.5 Å². The highest BCUT2D eigenvalue weighted by Crippen LogP contribution is 2.33. The molecular weight excluding hydrogens is 849 g/mol.